The van der Waals surface area contributed by atoms with Crippen molar-refractivity contribution in [1.82, 2.24) is 4.90 Å². The number of nitrogens with zero attached hydrogens (tertiary/aromatic N) is 3. The van der Waals surface area contributed by atoms with E-state index in [-0.39, 0.29) is 22.6 Å². The van der Waals surface area contributed by atoms with Gasteiger partial charge >= 0.3 is 17.1 Å². The second-order valence-corrected chi connectivity index (χ2v) is 4.90. The molecule has 0 aromatic rings. The maximum absolute atomic E-state index is 4.41. The molecule has 1 unspecified atom stereocenters. The van der Waals surface area contributed by atoms with Gasteiger partial charge in [0.25, 0.3) is 0 Å². The summed E-state index contributed by atoms with van der Waals surface area (Å²) in [4.78, 5) is 6.72. The average Bonchev–Trinajstić information content (AvgIpc) is 2.12. The zero-order valence-corrected chi connectivity index (χ0v) is 12.4. The summed E-state index contributed by atoms with van der Waals surface area (Å²) in [6.45, 7) is 15.9. The van der Waals surface area contributed by atoms with Gasteiger partial charge in [0.1, 0.15) is 0 Å². The first-order chi connectivity index (χ1) is 6.89. The smallest absolute Gasteiger partial charge is 0.468 e. The third-order valence-corrected chi connectivity index (χ3v) is 2.18. The van der Waals surface area contributed by atoms with Gasteiger partial charge in [0.05, 0.1) is 0 Å². The minimum Gasteiger partial charge on any atom is -0.468 e. The van der Waals surface area contributed by atoms with Crippen LogP contribution < -0.4 is 0 Å². The fourth-order valence-electron chi connectivity index (χ4n) is 1.22. The normalized spacial score (nSPS) is 13.9. The summed E-state index contributed by atoms with van der Waals surface area (Å²) >= 11 is 0. The molecule has 0 aromatic carbocycles. The third kappa shape index (κ3) is 10.5. The van der Waals surface area contributed by atoms with E-state index < -0.39 is 0 Å². The van der Waals surface area contributed by atoms with E-state index in [4.69, 9.17) is 0 Å². The predicted molar refractivity (Wildman–Crippen MR) is 68.9 cm³/mol. The van der Waals surface area contributed by atoms with Crippen LogP contribution in [-0.4, -0.2) is 42.5 Å². The fraction of sp³-hybridized carbons (Fsp3) is 0.917. The molecular weight excluding hydrogens is 250 g/mol. The molecule has 0 saturated heterocycles. The molecule has 1 atom stereocenters. The number of aliphatic imine (C=N–C) groups is 1. The Morgan fingerprint density at radius 1 is 1.25 bits per heavy atom. The zero-order valence-electron chi connectivity index (χ0n) is 11.4. The second kappa shape index (κ2) is 9.03. The average molecular weight is 276 g/mol. The molecule has 3 nitrogen and oxygen atoms in total. The molecule has 0 aliphatic heterocycles. The summed E-state index contributed by atoms with van der Waals surface area (Å²) in [6.07, 6.45) is 1.72. The third-order valence-electron chi connectivity index (χ3n) is 2.18. The van der Waals surface area contributed by atoms with E-state index in [2.05, 4.69) is 56.8 Å². The van der Waals surface area contributed by atoms with Gasteiger partial charge in [-0.1, -0.05) is 41.5 Å². The molecule has 0 rings (SSSR count). The van der Waals surface area contributed by atoms with Crippen LogP contribution in [0.4, 0.5) is 0 Å². The van der Waals surface area contributed by atoms with Crippen molar-refractivity contribution in [2.45, 2.75) is 53.1 Å². The van der Waals surface area contributed by atoms with E-state index in [0.29, 0.717) is 6.04 Å². The van der Waals surface area contributed by atoms with Crippen molar-refractivity contribution in [3.8, 4) is 0 Å². The van der Waals surface area contributed by atoms with Gasteiger partial charge in [-0.25, -0.2) is 0 Å². The van der Waals surface area contributed by atoms with Crippen LogP contribution in [0.5, 0.6) is 0 Å². The van der Waals surface area contributed by atoms with Crippen LogP contribution in [0.25, 0.3) is 5.32 Å². The Morgan fingerprint density at radius 2 is 1.75 bits per heavy atom. The summed E-state index contributed by atoms with van der Waals surface area (Å²) in [6, 6.07) is 0.330. The van der Waals surface area contributed by atoms with E-state index in [9.17, 15) is 0 Å². The van der Waals surface area contributed by atoms with Gasteiger partial charge in [0, 0.05) is 0 Å². The molecule has 0 heterocycles. The topological polar surface area (TPSA) is 29.7 Å². The molecule has 0 bridgehead atoms. The Hall–Kier alpha value is -0.0505. The molecule has 0 N–H and O–H groups in total. The first kappa shape index (κ1) is 18.3. The number of hydrogen-bond acceptors (Lipinski definition) is 2. The van der Waals surface area contributed by atoms with Gasteiger partial charge in [-0.05, 0) is 31.2 Å². The Balaban J connectivity index is 0. The first-order valence-corrected chi connectivity index (χ1v) is 5.85. The zero-order chi connectivity index (χ0) is 11.9. The van der Waals surface area contributed by atoms with Crippen LogP contribution >= 0.6 is 0 Å². The second-order valence-electron chi connectivity index (χ2n) is 4.90. The first-order valence-electron chi connectivity index (χ1n) is 5.85. The molecule has 0 saturated carbocycles. The van der Waals surface area contributed by atoms with E-state index in [0.717, 1.165) is 19.6 Å². The van der Waals surface area contributed by atoms with Gasteiger partial charge < -0.3 is 15.2 Å². The van der Waals surface area contributed by atoms with E-state index in [1.165, 1.54) is 0 Å². The fourth-order valence-corrected chi connectivity index (χ4v) is 1.22. The van der Waals surface area contributed by atoms with Crippen molar-refractivity contribution in [1.29, 1.82) is 0 Å². The van der Waals surface area contributed by atoms with Crippen LogP contribution in [0, 0.1) is 0 Å². The molecule has 0 aromatic heterocycles. The van der Waals surface area contributed by atoms with Crippen LogP contribution in [0.15, 0.2) is 4.99 Å². The van der Waals surface area contributed by atoms with Gasteiger partial charge in [-0.15, -0.1) is 6.34 Å². The Kier molecular flexibility index (Phi) is 10.3. The van der Waals surface area contributed by atoms with Gasteiger partial charge in [-0.3, -0.25) is 0 Å². The van der Waals surface area contributed by atoms with Gasteiger partial charge in [0.15, 0.2) is 0 Å². The summed E-state index contributed by atoms with van der Waals surface area (Å²) < 4.78 is 0. The van der Waals surface area contributed by atoms with Crippen molar-refractivity contribution in [2.24, 2.45) is 4.99 Å². The summed E-state index contributed by atoms with van der Waals surface area (Å²) in [5.74, 6) is 0. The number of rotatable bonds is 6. The van der Waals surface area contributed by atoms with Crippen molar-refractivity contribution in [3.05, 3.63) is 5.32 Å². The van der Waals surface area contributed by atoms with Crippen LogP contribution in [0.2, 0.25) is 0 Å². The molecule has 0 aliphatic rings. The maximum Gasteiger partial charge on any atom is 1.00 e. The largest absolute Gasteiger partial charge is 1.00 e. The molecule has 0 amide bonds. The molecule has 16 heavy (non-hydrogen) atoms. The van der Waals surface area contributed by atoms with E-state index in [1.807, 2.05) is 0 Å². The predicted octanol–water partition coefficient (Wildman–Crippen LogP) is 2.91. The van der Waals surface area contributed by atoms with Crippen molar-refractivity contribution in [3.63, 3.8) is 0 Å². The standard InChI is InChI=1S/C12H26N3.Cu/c1-7-15(8-2)9-11(3)13-10-14-12(4,5)6;/h10-11H,7-9H2,1-6H3;/q-1;+1. The summed E-state index contributed by atoms with van der Waals surface area (Å²) in [5.41, 5.74) is -0.0155. The molecule has 4 heteroatoms. The molecule has 100 valence electrons. The Labute approximate surface area is 112 Å². The minimum atomic E-state index is -0.0155. The van der Waals surface area contributed by atoms with Crippen LogP contribution in [0.3, 0.4) is 0 Å². The summed E-state index contributed by atoms with van der Waals surface area (Å²) in [5, 5.41) is 4.41. The van der Waals surface area contributed by atoms with Gasteiger partial charge in [0.2, 0.25) is 0 Å². The SMILES string of the molecule is CCN(CC)CC(C)[N-]C=NC(C)(C)C.[Cu+]. The molecular formula is C12H26CuN3. The number of likely N-dealkylation sites (N-methyl/N-ethyl adjacent to an activating group) is 1. The van der Waals surface area contributed by atoms with Crippen molar-refractivity contribution < 1.29 is 17.1 Å². The Morgan fingerprint density at radius 3 is 2.12 bits per heavy atom. The Bertz CT molecular complexity index is 183. The molecule has 0 fully saturated rings. The van der Waals surface area contributed by atoms with Gasteiger partial charge in [-0.2, -0.15) is 0 Å². The van der Waals surface area contributed by atoms with E-state index in [1.54, 1.807) is 6.34 Å². The number of hydrogen-bond donors (Lipinski definition) is 0. The summed E-state index contributed by atoms with van der Waals surface area (Å²) in [7, 11) is 0. The molecule has 0 radical (unpaired) electrons. The van der Waals surface area contributed by atoms with Crippen molar-refractivity contribution in [2.75, 3.05) is 19.6 Å². The molecule has 0 aliphatic carbocycles. The van der Waals surface area contributed by atoms with Crippen molar-refractivity contribution >= 4 is 6.34 Å². The minimum absolute atomic E-state index is 0. The van der Waals surface area contributed by atoms with Crippen LogP contribution in [0.1, 0.15) is 41.5 Å². The van der Waals surface area contributed by atoms with Crippen LogP contribution in [-0.2, 0) is 17.1 Å². The maximum atomic E-state index is 4.41. The monoisotopic (exact) mass is 275 g/mol. The molecule has 0 spiro atoms. The van der Waals surface area contributed by atoms with E-state index >= 15 is 0 Å². The quantitative estimate of drug-likeness (QED) is 0.416.